The second-order valence-electron chi connectivity index (χ2n) is 6.01. The van der Waals surface area contributed by atoms with Crippen LogP contribution in [0.3, 0.4) is 0 Å². The van der Waals surface area contributed by atoms with Gasteiger partial charge >= 0.3 is 0 Å². The summed E-state index contributed by atoms with van der Waals surface area (Å²) in [6, 6.07) is 8.83. The highest BCUT2D eigenvalue weighted by Gasteiger charge is 2.37. The van der Waals surface area contributed by atoms with Crippen LogP contribution in [-0.2, 0) is 6.54 Å². The summed E-state index contributed by atoms with van der Waals surface area (Å²) >= 11 is 3.23. The van der Waals surface area contributed by atoms with Gasteiger partial charge in [-0.2, -0.15) is 0 Å². The molecule has 2 aromatic rings. The van der Waals surface area contributed by atoms with Gasteiger partial charge < -0.3 is 13.9 Å². The number of halogens is 1. The maximum Gasteiger partial charge on any atom is 0.289 e. The molecule has 1 amide bonds. The number of carbonyl (C=O) groups excluding carboxylic acids is 1. The zero-order valence-electron chi connectivity index (χ0n) is 11.9. The molecule has 2 aliphatic rings. The van der Waals surface area contributed by atoms with E-state index in [-0.39, 0.29) is 17.4 Å². The van der Waals surface area contributed by atoms with E-state index in [1.165, 1.54) is 0 Å². The molecule has 0 aliphatic carbocycles. The molecule has 2 aromatic heterocycles. The number of furan rings is 1. The van der Waals surface area contributed by atoms with Crippen LogP contribution in [0.2, 0.25) is 0 Å². The van der Waals surface area contributed by atoms with E-state index >= 15 is 0 Å². The third-order valence-corrected chi connectivity index (χ3v) is 4.98. The lowest BCUT2D eigenvalue weighted by Crippen LogP contribution is -2.49. The van der Waals surface area contributed by atoms with Gasteiger partial charge in [-0.3, -0.25) is 9.59 Å². The molecule has 6 heteroatoms. The molecule has 2 bridgehead atoms. The minimum atomic E-state index is -0.0767. The number of nitrogens with zero attached hydrogens (tertiary/aromatic N) is 2. The highest BCUT2D eigenvalue weighted by Crippen LogP contribution is 2.35. The standard InChI is InChI=1S/C16H15BrN2O3/c17-14-5-4-13(22-14)16(21)18-7-10-6-11(9-18)12-2-1-3-15(20)19(12)8-10/h1-5,10-11H,6-9H2. The summed E-state index contributed by atoms with van der Waals surface area (Å²) in [6.07, 6.45) is 1.04. The summed E-state index contributed by atoms with van der Waals surface area (Å²) < 4.78 is 7.80. The smallest absolute Gasteiger partial charge is 0.289 e. The minimum Gasteiger partial charge on any atom is -0.444 e. The Bertz CT molecular complexity index is 795. The molecule has 5 nitrogen and oxygen atoms in total. The molecule has 4 heterocycles. The van der Waals surface area contributed by atoms with Crippen molar-refractivity contribution in [2.45, 2.75) is 18.9 Å². The molecule has 0 saturated carbocycles. The van der Waals surface area contributed by atoms with Crippen molar-refractivity contribution in [1.82, 2.24) is 9.47 Å². The topological polar surface area (TPSA) is 55.5 Å². The Morgan fingerprint density at radius 2 is 2.05 bits per heavy atom. The number of pyridine rings is 1. The van der Waals surface area contributed by atoms with Crippen LogP contribution >= 0.6 is 15.9 Å². The van der Waals surface area contributed by atoms with E-state index in [1.54, 1.807) is 24.3 Å². The van der Waals surface area contributed by atoms with Crippen molar-refractivity contribution in [3.63, 3.8) is 0 Å². The Balaban J connectivity index is 1.64. The van der Waals surface area contributed by atoms with Crippen LogP contribution in [0.15, 0.2) is 44.2 Å². The molecule has 2 atom stereocenters. The Labute approximate surface area is 135 Å². The van der Waals surface area contributed by atoms with Gasteiger partial charge in [-0.15, -0.1) is 0 Å². The van der Waals surface area contributed by atoms with E-state index < -0.39 is 0 Å². The first-order valence-electron chi connectivity index (χ1n) is 7.36. The number of aromatic nitrogens is 1. The van der Waals surface area contributed by atoms with Gasteiger partial charge in [-0.05, 0) is 46.5 Å². The first kappa shape index (κ1) is 13.8. The van der Waals surface area contributed by atoms with Gasteiger partial charge in [0.25, 0.3) is 11.5 Å². The molecule has 22 heavy (non-hydrogen) atoms. The van der Waals surface area contributed by atoms with Crippen LogP contribution in [-0.4, -0.2) is 28.5 Å². The van der Waals surface area contributed by atoms with E-state index in [1.807, 2.05) is 15.5 Å². The molecule has 114 valence electrons. The van der Waals surface area contributed by atoms with Gasteiger partial charge in [0.2, 0.25) is 0 Å². The Hall–Kier alpha value is -1.82. The van der Waals surface area contributed by atoms with Crippen molar-refractivity contribution in [2.24, 2.45) is 5.92 Å². The van der Waals surface area contributed by atoms with Gasteiger partial charge in [0.15, 0.2) is 10.4 Å². The summed E-state index contributed by atoms with van der Waals surface area (Å²) in [7, 11) is 0. The largest absolute Gasteiger partial charge is 0.444 e. The van der Waals surface area contributed by atoms with Gasteiger partial charge in [0.1, 0.15) is 0 Å². The number of fused-ring (bicyclic) bond motifs is 4. The molecule has 2 unspecified atom stereocenters. The van der Waals surface area contributed by atoms with E-state index in [0.717, 1.165) is 12.1 Å². The third-order valence-electron chi connectivity index (χ3n) is 4.55. The molecule has 2 aliphatic heterocycles. The molecular formula is C16H15BrN2O3. The molecule has 0 aromatic carbocycles. The lowest BCUT2D eigenvalue weighted by Gasteiger charge is -2.42. The maximum atomic E-state index is 12.6. The number of amides is 1. The fourth-order valence-corrected chi connectivity index (χ4v) is 3.95. The summed E-state index contributed by atoms with van der Waals surface area (Å²) in [4.78, 5) is 26.4. The molecule has 4 rings (SSSR count). The van der Waals surface area contributed by atoms with Gasteiger partial charge in [-0.1, -0.05) is 6.07 Å². The van der Waals surface area contributed by atoms with Crippen LogP contribution in [0.25, 0.3) is 0 Å². The summed E-state index contributed by atoms with van der Waals surface area (Å²) in [5.41, 5.74) is 1.10. The van der Waals surface area contributed by atoms with Crippen molar-refractivity contribution in [3.8, 4) is 0 Å². The summed E-state index contributed by atoms with van der Waals surface area (Å²) in [5.74, 6) is 0.835. The second kappa shape index (κ2) is 5.12. The minimum absolute atomic E-state index is 0.0574. The number of hydrogen-bond donors (Lipinski definition) is 0. The Kier molecular flexibility index (Phi) is 3.22. The van der Waals surface area contributed by atoms with E-state index in [9.17, 15) is 9.59 Å². The Morgan fingerprint density at radius 1 is 1.18 bits per heavy atom. The highest BCUT2D eigenvalue weighted by molar-refractivity contribution is 9.10. The molecule has 0 spiro atoms. The van der Waals surface area contributed by atoms with Gasteiger partial charge in [0, 0.05) is 37.3 Å². The normalized spacial score (nSPS) is 23.2. The predicted molar refractivity (Wildman–Crippen MR) is 83.9 cm³/mol. The number of rotatable bonds is 1. The zero-order chi connectivity index (χ0) is 15.3. The van der Waals surface area contributed by atoms with E-state index in [0.29, 0.717) is 36.0 Å². The molecular weight excluding hydrogens is 348 g/mol. The van der Waals surface area contributed by atoms with Gasteiger partial charge in [-0.25, -0.2) is 0 Å². The van der Waals surface area contributed by atoms with Gasteiger partial charge in [0.05, 0.1) is 0 Å². The van der Waals surface area contributed by atoms with Crippen LogP contribution in [0.1, 0.15) is 28.6 Å². The van der Waals surface area contributed by atoms with Crippen molar-refractivity contribution < 1.29 is 9.21 Å². The molecule has 1 saturated heterocycles. The van der Waals surface area contributed by atoms with Crippen LogP contribution in [0, 0.1) is 5.92 Å². The lowest BCUT2D eigenvalue weighted by molar-refractivity contribution is 0.0562. The average Bonchev–Trinajstić information content (AvgIpc) is 2.94. The molecule has 0 radical (unpaired) electrons. The summed E-state index contributed by atoms with van der Waals surface area (Å²) in [6.45, 7) is 2.00. The first-order chi connectivity index (χ1) is 10.6. The number of hydrogen-bond acceptors (Lipinski definition) is 3. The highest BCUT2D eigenvalue weighted by atomic mass is 79.9. The van der Waals surface area contributed by atoms with Crippen molar-refractivity contribution in [2.75, 3.05) is 13.1 Å². The predicted octanol–water partition coefficient (Wildman–Crippen LogP) is 2.46. The van der Waals surface area contributed by atoms with E-state index in [4.69, 9.17) is 4.42 Å². The van der Waals surface area contributed by atoms with Crippen molar-refractivity contribution in [1.29, 1.82) is 0 Å². The van der Waals surface area contributed by atoms with Crippen LogP contribution < -0.4 is 5.56 Å². The molecule has 1 fully saturated rings. The SMILES string of the molecule is O=C(c1ccc(Br)o1)N1CC2CC(C1)c1cccc(=O)n1C2. The molecule has 0 N–H and O–H groups in total. The monoisotopic (exact) mass is 362 g/mol. The van der Waals surface area contributed by atoms with Crippen LogP contribution in [0.4, 0.5) is 0 Å². The average molecular weight is 363 g/mol. The summed E-state index contributed by atoms with van der Waals surface area (Å²) in [5, 5.41) is 0. The van der Waals surface area contributed by atoms with Crippen molar-refractivity contribution >= 4 is 21.8 Å². The number of piperidine rings is 1. The number of likely N-dealkylation sites (tertiary alicyclic amines) is 1. The maximum absolute atomic E-state index is 12.6. The fourth-order valence-electron chi connectivity index (χ4n) is 3.65. The van der Waals surface area contributed by atoms with Crippen molar-refractivity contribution in [3.05, 3.63) is 56.8 Å². The van der Waals surface area contributed by atoms with E-state index in [2.05, 4.69) is 15.9 Å². The third kappa shape index (κ3) is 2.22. The lowest BCUT2D eigenvalue weighted by atomic mass is 9.83. The quantitative estimate of drug-likeness (QED) is 0.782. The zero-order valence-corrected chi connectivity index (χ0v) is 13.5. The van der Waals surface area contributed by atoms with Crippen LogP contribution in [0.5, 0.6) is 0 Å². The number of carbonyl (C=O) groups is 1. The Morgan fingerprint density at radius 3 is 2.82 bits per heavy atom. The second-order valence-corrected chi connectivity index (χ2v) is 6.79. The first-order valence-corrected chi connectivity index (χ1v) is 8.15. The fraction of sp³-hybridized carbons (Fsp3) is 0.375.